The van der Waals surface area contributed by atoms with Crippen LogP contribution in [0.2, 0.25) is 0 Å². The molecule has 0 bridgehead atoms. The summed E-state index contributed by atoms with van der Waals surface area (Å²) in [6.45, 7) is 0.547. The predicted molar refractivity (Wildman–Crippen MR) is 94.3 cm³/mol. The molecule has 134 valence electrons. The van der Waals surface area contributed by atoms with Crippen molar-refractivity contribution in [3.8, 4) is 5.75 Å². The first-order valence-electron chi connectivity index (χ1n) is 8.71. The van der Waals surface area contributed by atoms with Gasteiger partial charge in [-0.3, -0.25) is 4.79 Å². The van der Waals surface area contributed by atoms with Gasteiger partial charge in [0.1, 0.15) is 17.3 Å². The van der Waals surface area contributed by atoms with Crippen LogP contribution in [0, 0.1) is 5.82 Å². The van der Waals surface area contributed by atoms with Gasteiger partial charge in [0, 0.05) is 12.0 Å². The average molecular weight is 354 g/mol. The number of oxime groups is 1. The Balaban J connectivity index is 1.46. The lowest BCUT2D eigenvalue weighted by Crippen LogP contribution is -2.33. The Hall–Kier alpha value is -2.89. The fourth-order valence-electron chi connectivity index (χ4n) is 3.30. The molecule has 2 aliphatic rings. The second-order valence-electron chi connectivity index (χ2n) is 6.45. The van der Waals surface area contributed by atoms with E-state index in [-0.39, 0.29) is 23.9 Å². The molecule has 2 aliphatic heterocycles. The molecule has 0 spiro atoms. The van der Waals surface area contributed by atoms with Gasteiger partial charge in [0.25, 0.3) is 5.91 Å². The lowest BCUT2D eigenvalue weighted by Gasteiger charge is -2.18. The Morgan fingerprint density at radius 1 is 1.19 bits per heavy atom. The first-order valence-corrected chi connectivity index (χ1v) is 8.71. The van der Waals surface area contributed by atoms with E-state index in [0.29, 0.717) is 36.5 Å². The van der Waals surface area contributed by atoms with Gasteiger partial charge >= 0.3 is 0 Å². The molecule has 0 fully saturated rings. The zero-order valence-electron chi connectivity index (χ0n) is 14.2. The number of nitrogens with zero attached hydrogens (tertiary/aromatic N) is 1. The van der Waals surface area contributed by atoms with Crippen LogP contribution in [0.1, 0.15) is 42.5 Å². The number of ether oxygens (including phenoxy) is 1. The van der Waals surface area contributed by atoms with Crippen molar-refractivity contribution in [1.29, 1.82) is 0 Å². The number of rotatable bonds is 3. The van der Waals surface area contributed by atoms with Gasteiger partial charge in [-0.1, -0.05) is 35.5 Å². The van der Waals surface area contributed by atoms with Crippen LogP contribution < -0.4 is 10.1 Å². The van der Waals surface area contributed by atoms with Crippen LogP contribution in [-0.4, -0.2) is 18.2 Å². The number of hydrogen-bond acceptors (Lipinski definition) is 4. The minimum absolute atomic E-state index is 0.251. The third-order valence-corrected chi connectivity index (χ3v) is 4.65. The zero-order valence-corrected chi connectivity index (χ0v) is 14.2. The standard InChI is InChI=1S/C20H19FN2O3/c21-14-8-9-18-15(11-14)16(7-4-10-25-18)22-20(24)17-12-19(26-23-17)13-5-2-1-3-6-13/h1-3,5-6,8-9,11,16,19H,4,7,10,12H2,(H,22,24). The molecule has 4 rings (SSSR count). The van der Waals surface area contributed by atoms with Crippen LogP contribution >= 0.6 is 0 Å². The number of fused-ring (bicyclic) bond motifs is 1. The van der Waals surface area contributed by atoms with Gasteiger partial charge in [-0.05, 0) is 36.6 Å². The maximum Gasteiger partial charge on any atom is 0.269 e. The number of carbonyl (C=O) groups is 1. The summed E-state index contributed by atoms with van der Waals surface area (Å²) in [6.07, 6.45) is 1.61. The molecule has 2 atom stereocenters. The third kappa shape index (κ3) is 3.40. The molecule has 2 aromatic carbocycles. The zero-order chi connectivity index (χ0) is 17.9. The summed E-state index contributed by atoms with van der Waals surface area (Å²) in [4.78, 5) is 18.1. The van der Waals surface area contributed by atoms with Gasteiger partial charge in [0.05, 0.1) is 12.6 Å². The van der Waals surface area contributed by atoms with E-state index < -0.39 is 0 Å². The maximum atomic E-state index is 13.7. The normalized spacial score (nSPS) is 21.7. The fourth-order valence-corrected chi connectivity index (χ4v) is 3.30. The molecule has 0 radical (unpaired) electrons. The highest BCUT2D eigenvalue weighted by atomic mass is 19.1. The van der Waals surface area contributed by atoms with Crippen molar-refractivity contribution in [3.63, 3.8) is 0 Å². The molecule has 2 aromatic rings. The lowest BCUT2D eigenvalue weighted by molar-refractivity contribution is -0.115. The summed E-state index contributed by atoms with van der Waals surface area (Å²) in [5.41, 5.74) is 1.99. The topological polar surface area (TPSA) is 59.9 Å². The molecule has 2 heterocycles. The Labute approximate surface area is 150 Å². The molecule has 0 saturated carbocycles. The van der Waals surface area contributed by atoms with E-state index in [1.807, 2.05) is 30.3 Å². The quantitative estimate of drug-likeness (QED) is 0.915. The van der Waals surface area contributed by atoms with E-state index >= 15 is 0 Å². The number of benzene rings is 2. The van der Waals surface area contributed by atoms with Gasteiger partial charge < -0.3 is 14.9 Å². The molecule has 0 aromatic heterocycles. The highest BCUT2D eigenvalue weighted by Crippen LogP contribution is 2.33. The highest BCUT2D eigenvalue weighted by molar-refractivity contribution is 6.39. The van der Waals surface area contributed by atoms with Crippen LogP contribution in [0.3, 0.4) is 0 Å². The third-order valence-electron chi connectivity index (χ3n) is 4.65. The first-order chi connectivity index (χ1) is 12.7. The monoisotopic (exact) mass is 354 g/mol. The van der Waals surface area contributed by atoms with Crippen molar-refractivity contribution in [1.82, 2.24) is 5.32 Å². The van der Waals surface area contributed by atoms with Gasteiger partial charge in [0.15, 0.2) is 6.10 Å². The van der Waals surface area contributed by atoms with E-state index in [2.05, 4.69) is 10.5 Å². The van der Waals surface area contributed by atoms with Crippen LogP contribution in [0.5, 0.6) is 5.75 Å². The lowest BCUT2D eigenvalue weighted by atomic mass is 10.0. The van der Waals surface area contributed by atoms with Crippen molar-refractivity contribution in [3.05, 3.63) is 65.5 Å². The first kappa shape index (κ1) is 16.6. The molecule has 26 heavy (non-hydrogen) atoms. The van der Waals surface area contributed by atoms with Crippen LogP contribution in [0.4, 0.5) is 4.39 Å². The highest BCUT2D eigenvalue weighted by Gasteiger charge is 2.30. The van der Waals surface area contributed by atoms with Gasteiger partial charge in [0.2, 0.25) is 0 Å². The van der Waals surface area contributed by atoms with E-state index in [1.54, 1.807) is 6.07 Å². The number of hydrogen-bond donors (Lipinski definition) is 1. The summed E-state index contributed by atoms with van der Waals surface area (Å²) in [7, 11) is 0. The Kier molecular flexibility index (Phi) is 4.56. The van der Waals surface area contributed by atoms with Crippen LogP contribution in [-0.2, 0) is 9.63 Å². The Morgan fingerprint density at radius 3 is 2.88 bits per heavy atom. The Bertz CT molecular complexity index is 838. The predicted octanol–water partition coefficient (Wildman–Crippen LogP) is 3.67. The molecular formula is C20H19FN2O3. The van der Waals surface area contributed by atoms with E-state index in [9.17, 15) is 9.18 Å². The summed E-state index contributed by atoms with van der Waals surface area (Å²) >= 11 is 0. The smallest absolute Gasteiger partial charge is 0.269 e. The van der Waals surface area contributed by atoms with E-state index in [4.69, 9.17) is 9.57 Å². The van der Waals surface area contributed by atoms with E-state index in [1.165, 1.54) is 12.1 Å². The second kappa shape index (κ2) is 7.15. The molecule has 0 saturated heterocycles. The van der Waals surface area contributed by atoms with Gasteiger partial charge in [-0.25, -0.2) is 4.39 Å². The van der Waals surface area contributed by atoms with Crippen molar-refractivity contribution < 1.29 is 18.8 Å². The summed E-state index contributed by atoms with van der Waals surface area (Å²) in [5, 5.41) is 6.92. The average Bonchev–Trinajstić information content (AvgIpc) is 3.08. The maximum absolute atomic E-state index is 13.7. The van der Waals surface area contributed by atoms with Crippen molar-refractivity contribution in [2.45, 2.75) is 31.4 Å². The summed E-state index contributed by atoms with van der Waals surface area (Å²) in [5.74, 6) is -0.0225. The minimum Gasteiger partial charge on any atom is -0.493 e. The van der Waals surface area contributed by atoms with Crippen molar-refractivity contribution in [2.24, 2.45) is 5.16 Å². The molecule has 5 nitrogen and oxygen atoms in total. The SMILES string of the molecule is O=C(NC1CCCOc2ccc(F)cc21)C1=NOC(c2ccccc2)C1. The minimum atomic E-state index is -0.348. The van der Waals surface area contributed by atoms with Crippen LogP contribution in [0.25, 0.3) is 0 Å². The number of halogens is 1. The van der Waals surface area contributed by atoms with Crippen molar-refractivity contribution in [2.75, 3.05) is 6.61 Å². The Morgan fingerprint density at radius 2 is 2.04 bits per heavy atom. The van der Waals surface area contributed by atoms with Gasteiger partial charge in [-0.15, -0.1) is 0 Å². The molecule has 1 amide bonds. The molecule has 6 heteroatoms. The number of nitrogens with one attached hydrogen (secondary N) is 1. The van der Waals surface area contributed by atoms with Gasteiger partial charge in [-0.2, -0.15) is 0 Å². The largest absolute Gasteiger partial charge is 0.493 e. The summed E-state index contributed by atoms with van der Waals surface area (Å²) < 4.78 is 19.3. The molecule has 1 N–H and O–H groups in total. The van der Waals surface area contributed by atoms with Crippen molar-refractivity contribution >= 4 is 11.6 Å². The molecule has 2 unspecified atom stereocenters. The molecular weight excluding hydrogens is 335 g/mol. The van der Waals surface area contributed by atoms with Crippen LogP contribution in [0.15, 0.2) is 53.7 Å². The fraction of sp³-hybridized carbons (Fsp3) is 0.300. The number of amides is 1. The second-order valence-corrected chi connectivity index (χ2v) is 6.45. The summed E-state index contributed by atoms with van der Waals surface area (Å²) in [6, 6.07) is 13.8. The van der Waals surface area contributed by atoms with E-state index in [0.717, 1.165) is 12.0 Å². The number of carbonyl (C=O) groups excluding carboxylic acids is 1. The molecule has 0 aliphatic carbocycles.